The van der Waals surface area contributed by atoms with Crippen LogP contribution in [0.15, 0.2) is 5.29 Å². The lowest BCUT2D eigenvalue weighted by Gasteiger charge is -2.16. The molecule has 7 nitrogen and oxygen atoms in total. The standard InChI is InChI=1S/C7H11N3O4/c11-6(12)4-8-7(13)5-2-1-3-10(5)9-14/h5H,1-4H2,(H,8,13)(H,11,12)/t5-/m0/s1. The summed E-state index contributed by atoms with van der Waals surface area (Å²) in [4.78, 5) is 31.7. The second kappa shape index (κ2) is 4.54. The molecule has 0 aromatic rings. The number of amides is 1. The van der Waals surface area contributed by atoms with E-state index in [2.05, 4.69) is 10.6 Å². The Bertz CT molecular complexity index is 255. The van der Waals surface area contributed by atoms with Gasteiger partial charge in [-0.25, -0.2) is 5.01 Å². The number of carbonyl (C=O) groups excluding carboxylic acids is 1. The van der Waals surface area contributed by atoms with Crippen molar-refractivity contribution in [2.24, 2.45) is 5.29 Å². The molecule has 0 aromatic heterocycles. The molecule has 0 unspecified atom stereocenters. The van der Waals surface area contributed by atoms with E-state index < -0.39 is 24.5 Å². The van der Waals surface area contributed by atoms with E-state index in [4.69, 9.17) is 5.11 Å². The van der Waals surface area contributed by atoms with Crippen LogP contribution in [0.5, 0.6) is 0 Å². The number of carbonyl (C=O) groups is 2. The molecule has 0 spiro atoms. The Morgan fingerprint density at radius 2 is 2.29 bits per heavy atom. The second-order valence-corrected chi connectivity index (χ2v) is 3.01. The monoisotopic (exact) mass is 201 g/mol. The molecule has 0 radical (unpaired) electrons. The van der Waals surface area contributed by atoms with Crippen LogP contribution in [-0.4, -0.2) is 41.1 Å². The zero-order chi connectivity index (χ0) is 10.6. The second-order valence-electron chi connectivity index (χ2n) is 3.01. The Morgan fingerprint density at radius 3 is 2.86 bits per heavy atom. The summed E-state index contributed by atoms with van der Waals surface area (Å²) < 4.78 is 0. The zero-order valence-corrected chi connectivity index (χ0v) is 7.47. The van der Waals surface area contributed by atoms with Gasteiger partial charge in [0.05, 0.1) is 5.29 Å². The van der Waals surface area contributed by atoms with Crippen molar-refractivity contribution < 1.29 is 14.7 Å². The number of rotatable bonds is 4. The average Bonchev–Trinajstić information content (AvgIpc) is 2.61. The van der Waals surface area contributed by atoms with E-state index in [1.165, 1.54) is 0 Å². The third-order valence-electron chi connectivity index (χ3n) is 2.05. The van der Waals surface area contributed by atoms with Gasteiger partial charge in [0.1, 0.15) is 12.6 Å². The first kappa shape index (κ1) is 10.4. The predicted octanol–water partition coefficient (Wildman–Crippen LogP) is -0.667. The van der Waals surface area contributed by atoms with Crippen molar-refractivity contribution in [1.82, 2.24) is 10.3 Å². The van der Waals surface area contributed by atoms with Gasteiger partial charge in [-0.15, -0.1) is 4.91 Å². The molecule has 0 saturated carbocycles. The third-order valence-corrected chi connectivity index (χ3v) is 2.05. The fourth-order valence-electron chi connectivity index (χ4n) is 1.40. The van der Waals surface area contributed by atoms with Crippen molar-refractivity contribution in [2.75, 3.05) is 13.1 Å². The molecule has 1 aliphatic rings. The summed E-state index contributed by atoms with van der Waals surface area (Å²) in [5, 5.41) is 14.4. The number of aliphatic carboxylic acids is 1. The number of carboxylic acids is 1. The van der Waals surface area contributed by atoms with E-state index in [-0.39, 0.29) is 0 Å². The molecular formula is C7H11N3O4. The fourth-order valence-corrected chi connectivity index (χ4v) is 1.40. The largest absolute Gasteiger partial charge is 0.480 e. The number of hydrogen-bond donors (Lipinski definition) is 2. The first-order valence-corrected chi connectivity index (χ1v) is 4.24. The van der Waals surface area contributed by atoms with Crippen LogP contribution in [0.2, 0.25) is 0 Å². The highest BCUT2D eigenvalue weighted by atomic mass is 16.4. The van der Waals surface area contributed by atoms with E-state index in [0.717, 1.165) is 11.4 Å². The first-order chi connectivity index (χ1) is 6.65. The average molecular weight is 201 g/mol. The van der Waals surface area contributed by atoms with E-state index in [9.17, 15) is 14.5 Å². The van der Waals surface area contributed by atoms with Crippen LogP contribution in [0.3, 0.4) is 0 Å². The van der Waals surface area contributed by atoms with Gasteiger partial charge >= 0.3 is 5.97 Å². The highest BCUT2D eigenvalue weighted by Crippen LogP contribution is 2.16. The molecule has 78 valence electrons. The first-order valence-electron chi connectivity index (χ1n) is 4.24. The van der Waals surface area contributed by atoms with Gasteiger partial charge in [0.15, 0.2) is 0 Å². The van der Waals surface area contributed by atoms with Crippen LogP contribution in [0.25, 0.3) is 0 Å². The molecule has 1 atom stereocenters. The minimum atomic E-state index is -1.11. The number of nitrogens with zero attached hydrogens (tertiary/aromatic N) is 2. The van der Waals surface area contributed by atoms with Crippen LogP contribution in [0.4, 0.5) is 0 Å². The Kier molecular flexibility index (Phi) is 3.38. The van der Waals surface area contributed by atoms with Crippen molar-refractivity contribution in [2.45, 2.75) is 18.9 Å². The summed E-state index contributed by atoms with van der Waals surface area (Å²) in [6.45, 7) is 0.0245. The quantitative estimate of drug-likeness (QED) is 0.588. The number of hydrogen-bond acceptors (Lipinski definition) is 4. The van der Waals surface area contributed by atoms with Gasteiger partial charge in [-0.3, -0.25) is 9.59 Å². The normalized spacial score (nSPS) is 20.6. The van der Waals surface area contributed by atoms with Crippen LogP contribution < -0.4 is 5.32 Å². The van der Waals surface area contributed by atoms with Gasteiger partial charge in [0.2, 0.25) is 5.91 Å². The van der Waals surface area contributed by atoms with Crippen molar-refractivity contribution in [3.8, 4) is 0 Å². The van der Waals surface area contributed by atoms with Crippen LogP contribution in [0.1, 0.15) is 12.8 Å². The van der Waals surface area contributed by atoms with E-state index in [1.54, 1.807) is 0 Å². The maximum absolute atomic E-state index is 11.3. The maximum atomic E-state index is 11.3. The summed E-state index contributed by atoms with van der Waals surface area (Å²) in [6.07, 6.45) is 1.26. The van der Waals surface area contributed by atoms with Gasteiger partial charge in [0, 0.05) is 6.54 Å². The Balaban J connectivity index is 2.43. The number of carboxylic acid groups (broad SMARTS) is 1. The highest BCUT2D eigenvalue weighted by Gasteiger charge is 2.30. The van der Waals surface area contributed by atoms with Crippen LogP contribution in [0, 0.1) is 4.91 Å². The molecular weight excluding hydrogens is 190 g/mol. The molecule has 1 fully saturated rings. The zero-order valence-electron chi connectivity index (χ0n) is 7.47. The smallest absolute Gasteiger partial charge is 0.322 e. The van der Waals surface area contributed by atoms with E-state index in [0.29, 0.717) is 13.0 Å². The summed E-state index contributed by atoms with van der Waals surface area (Å²) in [7, 11) is 0. The lowest BCUT2D eigenvalue weighted by Crippen LogP contribution is -2.42. The minimum absolute atomic E-state index is 0.429. The molecule has 0 aromatic carbocycles. The lowest BCUT2D eigenvalue weighted by atomic mass is 10.2. The van der Waals surface area contributed by atoms with Crippen molar-refractivity contribution >= 4 is 11.9 Å². The number of nitroso groups, excluding NO2 is 1. The summed E-state index contributed by atoms with van der Waals surface area (Å²) >= 11 is 0. The highest BCUT2D eigenvalue weighted by molar-refractivity contribution is 5.85. The third kappa shape index (κ3) is 2.41. The fraction of sp³-hybridized carbons (Fsp3) is 0.714. The van der Waals surface area contributed by atoms with E-state index in [1.807, 2.05) is 0 Å². The van der Waals surface area contributed by atoms with Gasteiger partial charge in [-0.1, -0.05) is 0 Å². The van der Waals surface area contributed by atoms with Crippen LogP contribution >= 0.6 is 0 Å². The van der Waals surface area contributed by atoms with Gasteiger partial charge < -0.3 is 10.4 Å². The SMILES string of the molecule is O=NN1CCC[C@H]1C(=O)NCC(=O)O. The summed E-state index contributed by atoms with van der Waals surface area (Å²) in [5.41, 5.74) is 0. The molecule has 0 bridgehead atoms. The van der Waals surface area contributed by atoms with E-state index >= 15 is 0 Å². The molecule has 1 aliphatic heterocycles. The molecule has 0 aliphatic carbocycles. The van der Waals surface area contributed by atoms with Crippen molar-refractivity contribution in [1.29, 1.82) is 0 Å². The molecule has 1 saturated heterocycles. The lowest BCUT2D eigenvalue weighted by molar-refractivity contribution is -0.138. The topological polar surface area (TPSA) is 99.1 Å². The Hall–Kier alpha value is -1.66. The molecule has 7 heteroatoms. The van der Waals surface area contributed by atoms with Gasteiger partial charge in [-0.2, -0.15) is 0 Å². The molecule has 14 heavy (non-hydrogen) atoms. The van der Waals surface area contributed by atoms with Crippen LogP contribution in [-0.2, 0) is 9.59 Å². The van der Waals surface area contributed by atoms with Crippen molar-refractivity contribution in [3.63, 3.8) is 0 Å². The van der Waals surface area contributed by atoms with Gasteiger partial charge in [-0.05, 0) is 12.8 Å². The van der Waals surface area contributed by atoms with Gasteiger partial charge in [0.25, 0.3) is 0 Å². The molecule has 1 heterocycles. The predicted molar refractivity (Wildman–Crippen MR) is 46.2 cm³/mol. The summed E-state index contributed by atoms with van der Waals surface area (Å²) in [6, 6.07) is -0.605. The summed E-state index contributed by atoms with van der Waals surface area (Å²) in [5.74, 6) is -1.56. The Morgan fingerprint density at radius 1 is 1.57 bits per heavy atom. The molecule has 1 amide bonds. The minimum Gasteiger partial charge on any atom is -0.480 e. The van der Waals surface area contributed by atoms with Crippen molar-refractivity contribution in [3.05, 3.63) is 4.91 Å². The maximum Gasteiger partial charge on any atom is 0.322 e. The molecule has 1 rings (SSSR count). The Labute approximate surface area is 80.0 Å². The number of nitrogens with one attached hydrogen (secondary N) is 1. The molecule has 2 N–H and O–H groups in total.